The van der Waals surface area contributed by atoms with E-state index in [0.29, 0.717) is 6.42 Å². The van der Waals surface area contributed by atoms with E-state index in [9.17, 15) is 9.90 Å². The number of allylic oxidation sites excluding steroid dienone is 1. The summed E-state index contributed by atoms with van der Waals surface area (Å²) in [5, 5.41) is 10.0. The van der Waals surface area contributed by atoms with Gasteiger partial charge in [0.05, 0.1) is 18.6 Å². The molecule has 0 aromatic carbocycles. The first-order valence-corrected chi connectivity index (χ1v) is 5.70. The molecule has 0 heterocycles. The number of ether oxygens (including phenoxy) is 1. The van der Waals surface area contributed by atoms with Crippen LogP contribution in [-0.2, 0) is 9.53 Å². The maximum atomic E-state index is 11.7. The zero-order valence-electron chi connectivity index (χ0n) is 10.8. The van der Waals surface area contributed by atoms with Gasteiger partial charge in [0.15, 0.2) is 0 Å². The number of carbonyl (C=O) groups excluding carboxylic acids is 1. The molecule has 1 aliphatic rings. The Hall–Kier alpha value is -0.830. The van der Waals surface area contributed by atoms with Crippen molar-refractivity contribution in [3.8, 4) is 0 Å². The molecule has 3 nitrogen and oxygen atoms in total. The molecule has 1 N–H and O–H groups in total. The van der Waals surface area contributed by atoms with Gasteiger partial charge in [0.25, 0.3) is 0 Å². The van der Waals surface area contributed by atoms with Crippen LogP contribution in [0.25, 0.3) is 0 Å². The van der Waals surface area contributed by atoms with Crippen molar-refractivity contribution in [2.24, 2.45) is 10.8 Å². The van der Waals surface area contributed by atoms with Crippen molar-refractivity contribution in [3.63, 3.8) is 0 Å². The number of carbonyl (C=O) groups is 1. The quantitative estimate of drug-likeness (QED) is 0.580. The van der Waals surface area contributed by atoms with Gasteiger partial charge in [-0.05, 0) is 37.7 Å². The number of esters is 1. The first-order valence-electron chi connectivity index (χ1n) is 5.70. The molecule has 3 heteroatoms. The molecule has 0 spiro atoms. The normalized spacial score (nSPS) is 24.9. The van der Waals surface area contributed by atoms with Crippen LogP contribution in [0.5, 0.6) is 0 Å². The molecule has 0 saturated carbocycles. The highest BCUT2D eigenvalue weighted by Gasteiger charge is 2.40. The van der Waals surface area contributed by atoms with Crippen LogP contribution in [-0.4, -0.2) is 24.3 Å². The van der Waals surface area contributed by atoms with E-state index in [0.717, 1.165) is 12.0 Å². The molecule has 16 heavy (non-hydrogen) atoms. The number of hydrogen-bond donors (Lipinski definition) is 1. The van der Waals surface area contributed by atoms with Crippen LogP contribution in [0.15, 0.2) is 11.6 Å². The third-order valence-corrected chi connectivity index (χ3v) is 3.38. The average molecular weight is 226 g/mol. The number of aliphatic hydroxyl groups is 1. The zero-order chi connectivity index (χ0) is 12.6. The highest BCUT2D eigenvalue weighted by atomic mass is 16.5. The van der Waals surface area contributed by atoms with E-state index in [1.807, 2.05) is 6.08 Å². The summed E-state index contributed by atoms with van der Waals surface area (Å²) >= 11 is 0. The third kappa shape index (κ3) is 2.46. The number of methoxy groups -OCH3 is 1. The molecule has 0 aromatic heterocycles. The van der Waals surface area contributed by atoms with Gasteiger partial charge in [0.1, 0.15) is 0 Å². The van der Waals surface area contributed by atoms with E-state index in [4.69, 9.17) is 4.74 Å². The predicted octanol–water partition coefficient (Wildman–Crippen LogP) is 2.29. The molecule has 0 saturated heterocycles. The second-order valence-electron chi connectivity index (χ2n) is 5.76. The molecule has 1 rings (SSSR count). The molecule has 0 radical (unpaired) electrons. The summed E-state index contributed by atoms with van der Waals surface area (Å²) in [6.07, 6.45) is 3.15. The lowest BCUT2D eigenvalue weighted by molar-refractivity contribution is -0.149. The topological polar surface area (TPSA) is 46.5 Å². The van der Waals surface area contributed by atoms with Gasteiger partial charge in [-0.3, -0.25) is 4.79 Å². The molecule has 92 valence electrons. The van der Waals surface area contributed by atoms with Gasteiger partial charge in [-0.25, -0.2) is 0 Å². The largest absolute Gasteiger partial charge is 0.468 e. The van der Waals surface area contributed by atoms with Gasteiger partial charge in [-0.1, -0.05) is 19.9 Å². The fourth-order valence-corrected chi connectivity index (χ4v) is 2.22. The van der Waals surface area contributed by atoms with Crippen molar-refractivity contribution in [1.29, 1.82) is 0 Å². The number of aliphatic hydroxyl groups excluding tert-OH is 1. The van der Waals surface area contributed by atoms with Crippen LogP contribution in [0.1, 0.15) is 40.5 Å². The molecule has 0 fully saturated rings. The second-order valence-corrected chi connectivity index (χ2v) is 5.76. The van der Waals surface area contributed by atoms with Gasteiger partial charge in [0, 0.05) is 0 Å². The van der Waals surface area contributed by atoms with Crippen molar-refractivity contribution in [2.75, 3.05) is 7.11 Å². The van der Waals surface area contributed by atoms with Crippen molar-refractivity contribution in [3.05, 3.63) is 11.6 Å². The maximum Gasteiger partial charge on any atom is 0.315 e. The Morgan fingerprint density at radius 3 is 2.62 bits per heavy atom. The fraction of sp³-hybridized carbons (Fsp3) is 0.769. The van der Waals surface area contributed by atoms with Crippen LogP contribution < -0.4 is 0 Å². The van der Waals surface area contributed by atoms with Crippen LogP contribution in [0.4, 0.5) is 0 Å². The lowest BCUT2D eigenvalue weighted by atomic mass is 9.70. The Bertz CT molecular complexity index is 313. The number of rotatable bonds is 2. The Balaban J connectivity index is 3.10. The number of hydrogen-bond acceptors (Lipinski definition) is 3. The van der Waals surface area contributed by atoms with Gasteiger partial charge in [-0.15, -0.1) is 0 Å². The molecule has 1 unspecified atom stereocenters. The van der Waals surface area contributed by atoms with E-state index in [1.54, 1.807) is 13.8 Å². The Labute approximate surface area is 97.5 Å². The minimum absolute atomic E-state index is 0.0415. The molecule has 0 aliphatic heterocycles. The van der Waals surface area contributed by atoms with Gasteiger partial charge in [-0.2, -0.15) is 0 Å². The molecule has 0 amide bonds. The summed E-state index contributed by atoms with van der Waals surface area (Å²) in [6, 6.07) is 0. The summed E-state index contributed by atoms with van der Waals surface area (Å²) in [4.78, 5) is 11.7. The molecular weight excluding hydrogens is 204 g/mol. The van der Waals surface area contributed by atoms with Crippen molar-refractivity contribution in [1.82, 2.24) is 0 Å². The van der Waals surface area contributed by atoms with Gasteiger partial charge in [0.2, 0.25) is 0 Å². The third-order valence-electron chi connectivity index (χ3n) is 3.38. The molecular formula is C13H22O3. The summed E-state index contributed by atoms with van der Waals surface area (Å²) < 4.78 is 4.79. The molecule has 0 bridgehead atoms. The second kappa shape index (κ2) is 4.21. The van der Waals surface area contributed by atoms with Crippen LogP contribution in [0.3, 0.4) is 0 Å². The Morgan fingerprint density at radius 1 is 1.56 bits per heavy atom. The van der Waals surface area contributed by atoms with Crippen molar-refractivity contribution in [2.45, 2.75) is 46.6 Å². The van der Waals surface area contributed by atoms with Gasteiger partial charge < -0.3 is 9.84 Å². The smallest absolute Gasteiger partial charge is 0.315 e. The zero-order valence-corrected chi connectivity index (χ0v) is 10.8. The first-order chi connectivity index (χ1) is 7.20. The van der Waals surface area contributed by atoms with Crippen LogP contribution in [0, 0.1) is 10.8 Å². The molecule has 0 aromatic rings. The predicted molar refractivity (Wildman–Crippen MR) is 62.9 cm³/mol. The Morgan fingerprint density at radius 2 is 2.12 bits per heavy atom. The summed E-state index contributed by atoms with van der Waals surface area (Å²) in [5.41, 5.74) is 0.0849. The molecule has 1 atom stereocenters. The Kier molecular flexibility index (Phi) is 3.48. The maximum absolute atomic E-state index is 11.7. The lowest BCUT2D eigenvalue weighted by Gasteiger charge is -2.37. The highest BCUT2D eigenvalue weighted by Crippen LogP contribution is 2.41. The molecule has 1 aliphatic carbocycles. The summed E-state index contributed by atoms with van der Waals surface area (Å²) in [5.74, 6) is -0.296. The van der Waals surface area contributed by atoms with E-state index in [2.05, 4.69) is 13.8 Å². The fourth-order valence-electron chi connectivity index (χ4n) is 2.22. The van der Waals surface area contributed by atoms with Gasteiger partial charge >= 0.3 is 5.97 Å². The monoisotopic (exact) mass is 226 g/mol. The van der Waals surface area contributed by atoms with E-state index >= 15 is 0 Å². The van der Waals surface area contributed by atoms with Crippen LogP contribution >= 0.6 is 0 Å². The van der Waals surface area contributed by atoms with Crippen molar-refractivity contribution >= 4 is 5.97 Å². The van der Waals surface area contributed by atoms with Crippen molar-refractivity contribution < 1.29 is 14.6 Å². The summed E-state index contributed by atoms with van der Waals surface area (Å²) in [7, 11) is 1.38. The summed E-state index contributed by atoms with van der Waals surface area (Å²) in [6.45, 7) is 7.84. The first kappa shape index (κ1) is 13.2. The van der Waals surface area contributed by atoms with E-state index in [1.165, 1.54) is 7.11 Å². The minimum atomic E-state index is -0.744. The standard InChI is InChI=1S/C13H22O3/c1-12(2)7-6-10(14)9(8-12)13(3,4)11(15)16-5/h8,10,14H,6-7H2,1-5H3. The average Bonchev–Trinajstić information content (AvgIpc) is 2.20. The minimum Gasteiger partial charge on any atom is -0.468 e. The van der Waals surface area contributed by atoms with Crippen LogP contribution in [0.2, 0.25) is 0 Å². The lowest BCUT2D eigenvalue weighted by Crippen LogP contribution is -2.37. The van der Waals surface area contributed by atoms with E-state index < -0.39 is 11.5 Å². The van der Waals surface area contributed by atoms with E-state index in [-0.39, 0.29) is 11.4 Å². The SMILES string of the molecule is COC(=O)C(C)(C)C1=CC(C)(C)CCC1O. The highest BCUT2D eigenvalue weighted by molar-refractivity contribution is 5.80.